The Balaban J connectivity index is 1.77. The van der Waals surface area contributed by atoms with Crippen LogP contribution in [0.25, 0.3) is 5.65 Å². The van der Waals surface area contributed by atoms with Gasteiger partial charge in [0.25, 0.3) is 0 Å². The summed E-state index contributed by atoms with van der Waals surface area (Å²) in [5, 5.41) is 13.5. The van der Waals surface area contributed by atoms with Gasteiger partial charge in [-0.1, -0.05) is 27.7 Å². The quantitative estimate of drug-likeness (QED) is 0.706. The van der Waals surface area contributed by atoms with E-state index in [9.17, 15) is 0 Å². The van der Waals surface area contributed by atoms with E-state index in [1.165, 1.54) is 0 Å². The highest BCUT2D eigenvalue weighted by Crippen LogP contribution is 2.37. The van der Waals surface area contributed by atoms with Crippen LogP contribution in [0.1, 0.15) is 58.2 Å². The fraction of sp³-hybridized carbons (Fsp3) is 0.526. The molecule has 132 valence electrons. The number of furan rings is 1. The predicted molar refractivity (Wildman–Crippen MR) is 96.7 cm³/mol. The number of piperidine rings is 1. The summed E-state index contributed by atoms with van der Waals surface area (Å²) in [6.07, 6.45) is 3.98. The Hall–Kier alpha value is -2.37. The Morgan fingerprint density at radius 1 is 1.16 bits per heavy atom. The molecule has 1 fully saturated rings. The molecule has 3 aromatic rings. The molecule has 1 saturated heterocycles. The van der Waals surface area contributed by atoms with Crippen molar-refractivity contribution < 1.29 is 4.42 Å². The summed E-state index contributed by atoms with van der Waals surface area (Å²) >= 11 is 0. The van der Waals surface area contributed by atoms with Crippen molar-refractivity contribution in [3.8, 4) is 0 Å². The van der Waals surface area contributed by atoms with Gasteiger partial charge >= 0.3 is 0 Å². The number of hydrogen-bond acceptors (Lipinski definition) is 5. The molecule has 0 amide bonds. The zero-order valence-corrected chi connectivity index (χ0v) is 15.3. The first-order valence-corrected chi connectivity index (χ1v) is 8.96. The van der Waals surface area contributed by atoms with Crippen LogP contribution in [-0.2, 0) is 5.41 Å². The molecule has 1 aliphatic heterocycles. The summed E-state index contributed by atoms with van der Waals surface area (Å²) < 4.78 is 7.60. The molecular formula is C19H25N5O. The number of hydrogen-bond donors (Lipinski definition) is 0. The maximum absolute atomic E-state index is 5.72. The minimum absolute atomic E-state index is 0.109. The van der Waals surface area contributed by atoms with Crippen LogP contribution >= 0.6 is 0 Å². The Morgan fingerprint density at radius 3 is 2.72 bits per heavy atom. The van der Waals surface area contributed by atoms with E-state index in [0.29, 0.717) is 5.92 Å². The lowest BCUT2D eigenvalue weighted by Crippen LogP contribution is -2.37. The van der Waals surface area contributed by atoms with Gasteiger partial charge in [0, 0.05) is 12.0 Å². The summed E-state index contributed by atoms with van der Waals surface area (Å²) in [7, 11) is 0. The van der Waals surface area contributed by atoms with E-state index in [4.69, 9.17) is 9.52 Å². The van der Waals surface area contributed by atoms with Gasteiger partial charge in [-0.3, -0.25) is 0 Å². The smallest absolute Gasteiger partial charge is 0.178 e. The second-order valence-corrected chi connectivity index (χ2v) is 8.09. The number of aromatic nitrogens is 4. The highest BCUT2D eigenvalue weighted by molar-refractivity contribution is 5.48. The fourth-order valence-corrected chi connectivity index (χ4v) is 3.57. The van der Waals surface area contributed by atoms with Gasteiger partial charge in [-0.2, -0.15) is 4.52 Å². The molecule has 0 bridgehead atoms. The van der Waals surface area contributed by atoms with Gasteiger partial charge in [0.15, 0.2) is 11.5 Å². The van der Waals surface area contributed by atoms with E-state index in [0.717, 1.165) is 42.4 Å². The molecule has 0 saturated carbocycles. The van der Waals surface area contributed by atoms with Gasteiger partial charge in [0.05, 0.1) is 12.3 Å². The zero-order valence-electron chi connectivity index (χ0n) is 15.3. The highest BCUT2D eigenvalue weighted by Gasteiger charge is 2.31. The third kappa shape index (κ3) is 2.90. The van der Waals surface area contributed by atoms with Gasteiger partial charge in [-0.25, -0.2) is 0 Å². The van der Waals surface area contributed by atoms with Crippen LogP contribution in [-0.4, -0.2) is 26.4 Å². The van der Waals surface area contributed by atoms with E-state index in [1.807, 2.05) is 22.7 Å². The topological polar surface area (TPSA) is 59.5 Å². The van der Waals surface area contributed by atoms with Crippen molar-refractivity contribution in [2.45, 2.75) is 52.0 Å². The third-order valence-electron chi connectivity index (χ3n) is 4.95. The molecule has 4 heterocycles. The Morgan fingerprint density at radius 2 is 2.00 bits per heavy atom. The monoisotopic (exact) mass is 339 g/mol. The van der Waals surface area contributed by atoms with Crippen LogP contribution in [0.5, 0.6) is 0 Å². The van der Waals surface area contributed by atoms with Crippen molar-refractivity contribution >= 4 is 11.5 Å². The van der Waals surface area contributed by atoms with Crippen molar-refractivity contribution in [3.05, 3.63) is 42.1 Å². The summed E-state index contributed by atoms with van der Waals surface area (Å²) in [6, 6.07) is 8.29. The molecule has 0 radical (unpaired) electrons. The van der Waals surface area contributed by atoms with Gasteiger partial charge in [-0.15, -0.1) is 15.3 Å². The molecule has 6 heteroatoms. The van der Waals surface area contributed by atoms with Crippen LogP contribution in [0.2, 0.25) is 0 Å². The van der Waals surface area contributed by atoms with Gasteiger partial charge in [0.2, 0.25) is 0 Å². The molecule has 25 heavy (non-hydrogen) atoms. The number of nitrogens with zero attached hydrogens (tertiary/aromatic N) is 5. The molecule has 0 spiro atoms. The number of fused-ring (bicyclic) bond motifs is 1. The molecule has 1 aliphatic rings. The Bertz CT molecular complexity index is 862. The lowest BCUT2D eigenvalue weighted by atomic mass is 9.91. The van der Waals surface area contributed by atoms with Gasteiger partial charge < -0.3 is 9.32 Å². The second kappa shape index (κ2) is 5.86. The van der Waals surface area contributed by atoms with Crippen LogP contribution in [0, 0.1) is 5.92 Å². The van der Waals surface area contributed by atoms with Crippen LogP contribution in [0.4, 0.5) is 5.82 Å². The first kappa shape index (κ1) is 16.1. The van der Waals surface area contributed by atoms with Crippen LogP contribution in [0.15, 0.2) is 34.9 Å². The van der Waals surface area contributed by atoms with Crippen molar-refractivity contribution in [3.63, 3.8) is 0 Å². The van der Waals surface area contributed by atoms with E-state index >= 15 is 0 Å². The average molecular weight is 339 g/mol. The molecule has 0 aliphatic carbocycles. The summed E-state index contributed by atoms with van der Waals surface area (Å²) in [5.74, 6) is 3.51. The molecular weight excluding hydrogens is 314 g/mol. The highest BCUT2D eigenvalue weighted by atomic mass is 16.3. The fourth-order valence-electron chi connectivity index (χ4n) is 3.57. The summed E-state index contributed by atoms with van der Waals surface area (Å²) in [4.78, 5) is 2.35. The molecule has 6 nitrogen and oxygen atoms in total. The molecule has 0 aromatic carbocycles. The Kier molecular flexibility index (Phi) is 3.78. The molecule has 2 atom stereocenters. The van der Waals surface area contributed by atoms with E-state index in [-0.39, 0.29) is 11.5 Å². The largest absolute Gasteiger partial charge is 0.467 e. The number of anilines is 1. The first-order chi connectivity index (χ1) is 11.9. The summed E-state index contributed by atoms with van der Waals surface area (Å²) in [6.45, 7) is 9.67. The molecule has 0 N–H and O–H groups in total. The van der Waals surface area contributed by atoms with Gasteiger partial charge in [0.1, 0.15) is 11.6 Å². The minimum atomic E-state index is -0.109. The van der Waals surface area contributed by atoms with Crippen molar-refractivity contribution in [1.29, 1.82) is 0 Å². The zero-order chi connectivity index (χ0) is 17.6. The van der Waals surface area contributed by atoms with Gasteiger partial charge in [-0.05, 0) is 43.0 Å². The molecule has 4 rings (SSSR count). The normalized spacial score (nSPS) is 21.8. The molecule has 2 unspecified atom stereocenters. The first-order valence-electron chi connectivity index (χ1n) is 8.96. The molecule has 3 aromatic heterocycles. The Labute approximate surface area is 147 Å². The van der Waals surface area contributed by atoms with E-state index < -0.39 is 0 Å². The average Bonchev–Trinajstić information content (AvgIpc) is 3.23. The van der Waals surface area contributed by atoms with Crippen molar-refractivity contribution in [1.82, 2.24) is 19.8 Å². The van der Waals surface area contributed by atoms with E-state index in [2.05, 4.69) is 48.9 Å². The SMILES string of the molecule is CC1CCN(c2ccc3nnc(C(C)(C)C)n3n2)C(c2ccco2)C1. The predicted octanol–water partition coefficient (Wildman–Crippen LogP) is 3.99. The standard InChI is InChI=1S/C19H25N5O/c1-13-9-10-23(14(12-13)15-6-5-11-25-15)17-8-7-16-20-21-18(19(2,3)4)24(16)22-17/h5-8,11,13-14H,9-10,12H2,1-4H3. The minimum Gasteiger partial charge on any atom is -0.467 e. The summed E-state index contributed by atoms with van der Waals surface area (Å²) in [5.41, 5.74) is 0.676. The van der Waals surface area contributed by atoms with Crippen LogP contribution in [0.3, 0.4) is 0 Å². The van der Waals surface area contributed by atoms with Crippen molar-refractivity contribution in [2.75, 3.05) is 11.4 Å². The maximum atomic E-state index is 5.72. The maximum Gasteiger partial charge on any atom is 0.178 e. The van der Waals surface area contributed by atoms with E-state index in [1.54, 1.807) is 6.26 Å². The number of rotatable bonds is 2. The lowest BCUT2D eigenvalue weighted by Gasteiger charge is -2.38. The van der Waals surface area contributed by atoms with Crippen LogP contribution < -0.4 is 4.90 Å². The second-order valence-electron chi connectivity index (χ2n) is 8.09. The van der Waals surface area contributed by atoms with Crippen molar-refractivity contribution in [2.24, 2.45) is 5.92 Å². The third-order valence-corrected chi connectivity index (χ3v) is 4.95. The lowest BCUT2D eigenvalue weighted by molar-refractivity contribution is 0.326.